The van der Waals surface area contributed by atoms with Gasteiger partial charge in [-0.2, -0.15) is 0 Å². The zero-order valence-corrected chi connectivity index (χ0v) is 12.0. The van der Waals surface area contributed by atoms with Crippen LogP contribution >= 0.6 is 34.5 Å². The van der Waals surface area contributed by atoms with Crippen LogP contribution < -0.4 is 0 Å². The first-order valence-corrected chi connectivity index (χ1v) is 7.18. The molecule has 0 aliphatic rings. The molecule has 0 saturated carbocycles. The Hall–Kier alpha value is -1.24. The number of hydrogen-bond donors (Lipinski definition) is 0. The number of aromatic nitrogens is 2. The molecule has 100 valence electrons. The highest BCUT2D eigenvalue weighted by Crippen LogP contribution is 2.37. The topological polar surface area (TPSA) is 68.9 Å². The molecule has 1 aromatic carbocycles. The second-order valence-electron chi connectivity index (χ2n) is 3.68. The van der Waals surface area contributed by atoms with Crippen molar-refractivity contribution in [2.24, 2.45) is 0 Å². The summed E-state index contributed by atoms with van der Waals surface area (Å²) in [6.07, 6.45) is 1.50. The summed E-state index contributed by atoms with van der Waals surface area (Å²) in [5, 5.41) is 20.5. The van der Waals surface area contributed by atoms with E-state index in [1.807, 2.05) is 0 Å². The second kappa shape index (κ2) is 6.27. The van der Waals surface area contributed by atoms with Gasteiger partial charge >= 0.3 is 0 Å². The molecular weight excluding hydrogens is 309 g/mol. The molecule has 0 fully saturated rings. The van der Waals surface area contributed by atoms with Gasteiger partial charge in [0, 0.05) is 18.4 Å². The monoisotopic (exact) mass is 317 g/mol. The molecule has 0 radical (unpaired) electrons. The van der Waals surface area contributed by atoms with E-state index in [0.717, 1.165) is 11.4 Å². The van der Waals surface area contributed by atoms with Crippen molar-refractivity contribution in [3.05, 3.63) is 38.3 Å². The van der Waals surface area contributed by atoms with Crippen LogP contribution in [0.1, 0.15) is 11.4 Å². The summed E-state index contributed by atoms with van der Waals surface area (Å²) in [4.78, 5) is 10.5. The number of benzene rings is 1. The number of rotatable bonds is 5. The van der Waals surface area contributed by atoms with E-state index in [1.165, 1.54) is 17.4 Å². The second-order valence-corrected chi connectivity index (χ2v) is 5.53. The van der Waals surface area contributed by atoms with Gasteiger partial charge in [-0.05, 0) is 12.5 Å². The first kappa shape index (κ1) is 14.2. The van der Waals surface area contributed by atoms with Crippen molar-refractivity contribution >= 4 is 40.2 Å². The molecule has 0 saturated heterocycles. The molecule has 1 heterocycles. The number of nitro groups is 1. The zero-order chi connectivity index (χ0) is 13.8. The van der Waals surface area contributed by atoms with Crippen LogP contribution in [0.5, 0.6) is 0 Å². The Kier molecular flexibility index (Phi) is 4.68. The fourth-order valence-corrected chi connectivity index (χ4v) is 2.95. The third-order valence-electron chi connectivity index (χ3n) is 2.39. The molecule has 2 aromatic rings. The van der Waals surface area contributed by atoms with Gasteiger partial charge in [0.1, 0.15) is 10.6 Å². The molecule has 0 atom stereocenters. The molecule has 0 aliphatic heterocycles. The Bertz CT molecular complexity index is 603. The summed E-state index contributed by atoms with van der Waals surface area (Å²) in [6, 6.07) is 4.55. The minimum atomic E-state index is -0.471. The molecule has 8 heteroatoms. The van der Waals surface area contributed by atoms with Crippen molar-refractivity contribution in [1.82, 2.24) is 10.2 Å². The van der Waals surface area contributed by atoms with Gasteiger partial charge in [0.05, 0.1) is 9.95 Å². The van der Waals surface area contributed by atoms with Crippen molar-refractivity contribution < 1.29 is 4.92 Å². The molecule has 2 rings (SSSR count). The minimum Gasteiger partial charge on any atom is -0.258 e. The summed E-state index contributed by atoms with van der Waals surface area (Å²) in [5.74, 6) is 0.543. The third-order valence-corrected chi connectivity index (χ3v) is 3.98. The molecule has 0 spiro atoms. The Labute approximate surface area is 123 Å². The average Bonchev–Trinajstić information content (AvgIpc) is 2.84. The van der Waals surface area contributed by atoms with Gasteiger partial charge in [-0.3, -0.25) is 10.1 Å². The van der Waals surface area contributed by atoms with E-state index in [9.17, 15) is 10.1 Å². The van der Waals surface area contributed by atoms with Gasteiger partial charge in [-0.15, -0.1) is 21.8 Å². The van der Waals surface area contributed by atoms with Crippen LogP contribution in [-0.2, 0) is 6.42 Å². The van der Waals surface area contributed by atoms with E-state index in [0.29, 0.717) is 27.9 Å². The van der Waals surface area contributed by atoms with E-state index in [2.05, 4.69) is 10.2 Å². The highest BCUT2D eigenvalue weighted by molar-refractivity contribution is 7.14. The molecule has 0 aliphatic carbocycles. The first-order valence-electron chi connectivity index (χ1n) is 5.45. The Morgan fingerprint density at radius 2 is 2.16 bits per heavy atom. The normalized spacial score (nSPS) is 10.6. The molecule has 0 bridgehead atoms. The summed E-state index contributed by atoms with van der Waals surface area (Å²) in [6.45, 7) is 0. The lowest BCUT2D eigenvalue weighted by Gasteiger charge is -2.00. The molecule has 19 heavy (non-hydrogen) atoms. The summed E-state index contributed by atoms with van der Waals surface area (Å²) >= 11 is 13.0. The number of alkyl halides is 1. The molecule has 0 amide bonds. The van der Waals surface area contributed by atoms with E-state index in [-0.39, 0.29) is 5.69 Å². The lowest BCUT2D eigenvalue weighted by Crippen LogP contribution is -1.92. The summed E-state index contributed by atoms with van der Waals surface area (Å²) in [5.41, 5.74) is 0.260. The molecule has 0 unspecified atom stereocenters. The van der Waals surface area contributed by atoms with Crippen molar-refractivity contribution in [3.63, 3.8) is 0 Å². The lowest BCUT2D eigenvalue weighted by molar-refractivity contribution is -0.384. The number of aryl methyl sites for hydroxylation is 1. The predicted molar refractivity (Wildman–Crippen MR) is 76.1 cm³/mol. The van der Waals surface area contributed by atoms with Gasteiger partial charge in [0.15, 0.2) is 5.01 Å². The summed E-state index contributed by atoms with van der Waals surface area (Å²) in [7, 11) is 0. The van der Waals surface area contributed by atoms with Crippen molar-refractivity contribution in [1.29, 1.82) is 0 Å². The quantitative estimate of drug-likeness (QED) is 0.476. The number of halogens is 2. The Morgan fingerprint density at radius 1 is 1.37 bits per heavy atom. The number of hydrogen-bond acceptors (Lipinski definition) is 5. The number of nitrogens with zero attached hydrogens (tertiary/aromatic N) is 3. The van der Waals surface area contributed by atoms with E-state index in [1.54, 1.807) is 12.1 Å². The average molecular weight is 318 g/mol. The Morgan fingerprint density at radius 3 is 2.84 bits per heavy atom. The first-order chi connectivity index (χ1) is 9.13. The maximum atomic E-state index is 11.0. The van der Waals surface area contributed by atoms with Crippen LogP contribution in [0, 0.1) is 10.1 Å². The van der Waals surface area contributed by atoms with Crippen molar-refractivity contribution in [2.45, 2.75) is 12.8 Å². The smallest absolute Gasteiger partial charge is 0.258 e. The maximum absolute atomic E-state index is 11.0. The third kappa shape index (κ3) is 3.20. The van der Waals surface area contributed by atoms with Crippen LogP contribution in [0.3, 0.4) is 0 Å². The van der Waals surface area contributed by atoms with E-state index < -0.39 is 4.92 Å². The van der Waals surface area contributed by atoms with Crippen LogP contribution in [0.15, 0.2) is 18.2 Å². The van der Waals surface area contributed by atoms with Gasteiger partial charge in [-0.25, -0.2) is 0 Å². The SMILES string of the molecule is O=[N+]([O-])c1cccc(Cl)c1-c1nnc(CCCCl)s1. The number of nitro benzene ring substituents is 1. The predicted octanol–water partition coefficient (Wildman–Crippen LogP) is 3.94. The lowest BCUT2D eigenvalue weighted by atomic mass is 10.2. The fourth-order valence-electron chi connectivity index (χ4n) is 1.55. The maximum Gasteiger partial charge on any atom is 0.281 e. The molecule has 0 N–H and O–H groups in total. The van der Waals surface area contributed by atoms with Crippen molar-refractivity contribution in [3.8, 4) is 10.6 Å². The highest BCUT2D eigenvalue weighted by Gasteiger charge is 2.21. The Balaban J connectivity index is 2.41. The molecular formula is C11H9Cl2N3O2S. The van der Waals surface area contributed by atoms with Gasteiger partial charge in [0.2, 0.25) is 0 Å². The zero-order valence-electron chi connectivity index (χ0n) is 9.68. The summed E-state index contributed by atoms with van der Waals surface area (Å²) < 4.78 is 0. The van der Waals surface area contributed by atoms with Crippen LogP contribution in [0.4, 0.5) is 5.69 Å². The van der Waals surface area contributed by atoms with E-state index in [4.69, 9.17) is 23.2 Å². The largest absolute Gasteiger partial charge is 0.281 e. The minimum absolute atomic E-state index is 0.0625. The fraction of sp³-hybridized carbons (Fsp3) is 0.273. The van der Waals surface area contributed by atoms with Gasteiger partial charge < -0.3 is 0 Å². The van der Waals surface area contributed by atoms with Crippen LogP contribution in [0.25, 0.3) is 10.6 Å². The van der Waals surface area contributed by atoms with Gasteiger partial charge in [-0.1, -0.05) is 29.0 Å². The van der Waals surface area contributed by atoms with Crippen molar-refractivity contribution in [2.75, 3.05) is 5.88 Å². The van der Waals surface area contributed by atoms with Crippen LogP contribution in [-0.4, -0.2) is 21.0 Å². The standard InChI is InChI=1S/C11H9Cl2N3O2S/c12-6-2-5-9-14-15-11(19-9)10-7(13)3-1-4-8(10)16(17)18/h1,3-4H,2,5-6H2. The van der Waals surface area contributed by atoms with E-state index >= 15 is 0 Å². The highest BCUT2D eigenvalue weighted by atomic mass is 35.5. The van der Waals surface area contributed by atoms with Crippen LogP contribution in [0.2, 0.25) is 5.02 Å². The molecule has 5 nitrogen and oxygen atoms in total. The molecule has 1 aromatic heterocycles. The van der Waals surface area contributed by atoms with Gasteiger partial charge in [0.25, 0.3) is 5.69 Å².